The number of methoxy groups -OCH3 is 1. The molecule has 1 unspecified atom stereocenters. The van der Waals surface area contributed by atoms with Gasteiger partial charge in [0.2, 0.25) is 0 Å². The van der Waals surface area contributed by atoms with Gasteiger partial charge in [0.05, 0.1) is 6.10 Å². The van der Waals surface area contributed by atoms with Crippen LogP contribution >= 0.6 is 0 Å². The Balaban J connectivity index is 3.59. The van der Waals surface area contributed by atoms with E-state index >= 15 is 0 Å². The van der Waals surface area contributed by atoms with Crippen molar-refractivity contribution in [1.82, 2.24) is 0 Å². The van der Waals surface area contributed by atoms with Crippen molar-refractivity contribution >= 4 is 5.97 Å². The summed E-state index contributed by atoms with van der Waals surface area (Å²) >= 11 is 0. The minimum absolute atomic E-state index is 0.164. The van der Waals surface area contributed by atoms with Crippen LogP contribution in [-0.4, -0.2) is 24.3 Å². The van der Waals surface area contributed by atoms with Crippen molar-refractivity contribution in [3.63, 3.8) is 0 Å². The van der Waals surface area contributed by atoms with Crippen LogP contribution in [0.3, 0.4) is 0 Å². The maximum atomic E-state index is 10.2. The van der Waals surface area contributed by atoms with Crippen LogP contribution in [0.2, 0.25) is 0 Å². The van der Waals surface area contributed by atoms with Gasteiger partial charge in [0.15, 0.2) is 0 Å². The first kappa shape index (κ1) is 14.2. The van der Waals surface area contributed by atoms with E-state index in [2.05, 4.69) is 6.92 Å². The molecule has 15 heavy (non-hydrogen) atoms. The molecule has 0 aromatic carbocycles. The second-order valence-electron chi connectivity index (χ2n) is 3.68. The lowest BCUT2D eigenvalue weighted by atomic mass is 10.1. The number of hydrogen-bond acceptors (Lipinski definition) is 2. The molecule has 0 rings (SSSR count). The van der Waals surface area contributed by atoms with E-state index in [-0.39, 0.29) is 6.10 Å². The van der Waals surface area contributed by atoms with E-state index in [1.165, 1.54) is 25.3 Å². The number of carbonyl (C=O) groups is 1. The van der Waals surface area contributed by atoms with Gasteiger partial charge in [0, 0.05) is 13.2 Å². The van der Waals surface area contributed by atoms with Gasteiger partial charge in [-0.25, -0.2) is 4.79 Å². The summed E-state index contributed by atoms with van der Waals surface area (Å²) in [5.74, 6) is -0.893. The minimum Gasteiger partial charge on any atom is -0.478 e. The van der Waals surface area contributed by atoms with E-state index in [4.69, 9.17) is 9.84 Å². The molecular weight excluding hydrogens is 192 g/mol. The van der Waals surface area contributed by atoms with E-state index < -0.39 is 5.97 Å². The number of ether oxygens (including phenoxy) is 1. The molecule has 0 aromatic heterocycles. The van der Waals surface area contributed by atoms with Crippen LogP contribution in [0.4, 0.5) is 0 Å². The van der Waals surface area contributed by atoms with Gasteiger partial charge in [-0.1, -0.05) is 38.7 Å². The number of rotatable bonds is 9. The molecular formula is C12H22O3. The molecule has 0 aliphatic carbocycles. The number of unbranched alkanes of at least 4 members (excludes halogenated alkanes) is 3. The predicted molar refractivity (Wildman–Crippen MR) is 60.9 cm³/mol. The topological polar surface area (TPSA) is 46.5 Å². The number of hydrogen-bond donors (Lipinski definition) is 1. The quantitative estimate of drug-likeness (QED) is 0.474. The standard InChI is InChI=1S/C12H22O3/c1-3-4-5-6-8-11(15-2)9-7-10-12(13)14/h7,10-11H,3-6,8-9H2,1-2H3,(H,13,14). The largest absolute Gasteiger partial charge is 0.478 e. The predicted octanol–water partition coefficient (Wildman–Crippen LogP) is 3.00. The molecule has 0 aliphatic rings. The first-order chi connectivity index (χ1) is 7.20. The van der Waals surface area contributed by atoms with Gasteiger partial charge >= 0.3 is 5.97 Å². The van der Waals surface area contributed by atoms with E-state index in [1.54, 1.807) is 13.2 Å². The van der Waals surface area contributed by atoms with Crippen LogP contribution in [0, 0.1) is 0 Å². The van der Waals surface area contributed by atoms with Crippen molar-refractivity contribution in [3.05, 3.63) is 12.2 Å². The molecule has 0 fully saturated rings. The van der Waals surface area contributed by atoms with Gasteiger partial charge in [-0.05, 0) is 12.8 Å². The summed E-state index contributed by atoms with van der Waals surface area (Å²) in [6, 6.07) is 0. The SMILES string of the molecule is CCCCCCC(CC=CC(=O)O)OC. The van der Waals surface area contributed by atoms with Crippen LogP contribution in [-0.2, 0) is 9.53 Å². The minimum atomic E-state index is -0.893. The second kappa shape index (κ2) is 9.71. The Morgan fingerprint density at radius 2 is 2.13 bits per heavy atom. The molecule has 88 valence electrons. The maximum absolute atomic E-state index is 10.2. The highest BCUT2D eigenvalue weighted by molar-refractivity contribution is 5.79. The smallest absolute Gasteiger partial charge is 0.327 e. The lowest BCUT2D eigenvalue weighted by molar-refractivity contribution is -0.131. The summed E-state index contributed by atoms with van der Waals surface area (Å²) < 4.78 is 5.27. The van der Waals surface area contributed by atoms with Gasteiger partial charge in [0.1, 0.15) is 0 Å². The number of carboxylic acids is 1. The van der Waals surface area contributed by atoms with Crippen molar-refractivity contribution in [2.45, 2.75) is 51.6 Å². The molecule has 3 heteroatoms. The Morgan fingerprint density at radius 3 is 2.67 bits per heavy atom. The number of aliphatic carboxylic acids is 1. The van der Waals surface area contributed by atoms with E-state index in [0.29, 0.717) is 6.42 Å². The van der Waals surface area contributed by atoms with Crippen molar-refractivity contribution in [2.75, 3.05) is 7.11 Å². The zero-order chi connectivity index (χ0) is 11.5. The molecule has 3 nitrogen and oxygen atoms in total. The molecule has 0 saturated heterocycles. The lowest BCUT2D eigenvalue weighted by Gasteiger charge is -2.12. The summed E-state index contributed by atoms with van der Waals surface area (Å²) in [6.45, 7) is 2.18. The third-order valence-electron chi connectivity index (χ3n) is 2.37. The third-order valence-corrected chi connectivity index (χ3v) is 2.37. The van der Waals surface area contributed by atoms with Crippen molar-refractivity contribution < 1.29 is 14.6 Å². The normalized spacial score (nSPS) is 13.2. The van der Waals surface area contributed by atoms with E-state index in [9.17, 15) is 4.79 Å². The fraction of sp³-hybridized carbons (Fsp3) is 0.750. The summed E-state index contributed by atoms with van der Waals surface area (Å²) in [4.78, 5) is 10.2. The molecule has 0 aliphatic heterocycles. The summed E-state index contributed by atoms with van der Waals surface area (Å²) in [5, 5.41) is 8.42. The highest BCUT2D eigenvalue weighted by Gasteiger charge is 2.04. The Hall–Kier alpha value is -0.830. The van der Waals surface area contributed by atoms with Crippen LogP contribution in [0.25, 0.3) is 0 Å². The van der Waals surface area contributed by atoms with Crippen molar-refractivity contribution in [2.24, 2.45) is 0 Å². The number of carboxylic acid groups (broad SMARTS) is 1. The van der Waals surface area contributed by atoms with E-state index in [1.807, 2.05) is 0 Å². The first-order valence-electron chi connectivity index (χ1n) is 5.63. The summed E-state index contributed by atoms with van der Waals surface area (Å²) in [5.41, 5.74) is 0. The van der Waals surface area contributed by atoms with Crippen LogP contribution in [0.5, 0.6) is 0 Å². The van der Waals surface area contributed by atoms with Crippen molar-refractivity contribution in [3.8, 4) is 0 Å². The lowest BCUT2D eigenvalue weighted by Crippen LogP contribution is -2.09. The summed E-state index contributed by atoms with van der Waals surface area (Å²) in [7, 11) is 1.68. The van der Waals surface area contributed by atoms with Gasteiger partial charge < -0.3 is 9.84 Å². The fourth-order valence-electron chi connectivity index (χ4n) is 1.45. The zero-order valence-corrected chi connectivity index (χ0v) is 9.74. The van der Waals surface area contributed by atoms with Gasteiger partial charge in [-0.3, -0.25) is 0 Å². The molecule has 1 atom stereocenters. The zero-order valence-electron chi connectivity index (χ0n) is 9.74. The average Bonchev–Trinajstić information content (AvgIpc) is 2.21. The molecule has 1 N–H and O–H groups in total. The maximum Gasteiger partial charge on any atom is 0.327 e. The molecule has 0 aromatic rings. The Labute approximate surface area is 92.1 Å². The first-order valence-corrected chi connectivity index (χ1v) is 5.63. The Kier molecular flexibility index (Phi) is 9.18. The molecule has 0 spiro atoms. The van der Waals surface area contributed by atoms with E-state index in [0.717, 1.165) is 12.8 Å². The highest BCUT2D eigenvalue weighted by atomic mass is 16.5. The van der Waals surface area contributed by atoms with Gasteiger partial charge in [-0.15, -0.1) is 0 Å². The fourth-order valence-corrected chi connectivity index (χ4v) is 1.45. The molecule has 0 bridgehead atoms. The Bertz CT molecular complexity index is 187. The average molecular weight is 214 g/mol. The van der Waals surface area contributed by atoms with Gasteiger partial charge in [0.25, 0.3) is 0 Å². The molecule has 0 saturated carbocycles. The van der Waals surface area contributed by atoms with Gasteiger partial charge in [-0.2, -0.15) is 0 Å². The van der Waals surface area contributed by atoms with Crippen LogP contribution in [0.15, 0.2) is 12.2 Å². The highest BCUT2D eigenvalue weighted by Crippen LogP contribution is 2.10. The third kappa shape index (κ3) is 9.47. The monoisotopic (exact) mass is 214 g/mol. The molecule has 0 heterocycles. The Morgan fingerprint density at radius 1 is 1.40 bits per heavy atom. The van der Waals surface area contributed by atoms with Crippen molar-refractivity contribution in [1.29, 1.82) is 0 Å². The van der Waals surface area contributed by atoms with Crippen LogP contribution in [0.1, 0.15) is 45.4 Å². The summed E-state index contributed by atoms with van der Waals surface area (Å²) in [6.07, 6.45) is 9.60. The molecule has 0 amide bonds. The second-order valence-corrected chi connectivity index (χ2v) is 3.68. The van der Waals surface area contributed by atoms with Crippen LogP contribution < -0.4 is 0 Å². The molecule has 0 radical (unpaired) electrons.